The zero-order valence-electron chi connectivity index (χ0n) is 11.6. The van der Waals surface area contributed by atoms with Crippen molar-refractivity contribution in [3.05, 3.63) is 35.9 Å². The molecule has 19 heavy (non-hydrogen) atoms. The lowest BCUT2D eigenvalue weighted by Gasteiger charge is -2.41. The van der Waals surface area contributed by atoms with Crippen molar-refractivity contribution < 1.29 is 4.79 Å². The lowest BCUT2D eigenvalue weighted by Crippen LogP contribution is -2.48. The predicted octanol–water partition coefficient (Wildman–Crippen LogP) is 3.83. The number of rotatable bonds is 5. The Labute approximate surface area is 120 Å². The predicted molar refractivity (Wildman–Crippen MR) is 79.2 cm³/mol. The molecule has 0 aliphatic carbocycles. The summed E-state index contributed by atoms with van der Waals surface area (Å²) in [5.74, 6) is 0.865. The quantitative estimate of drug-likeness (QED) is 0.750. The van der Waals surface area contributed by atoms with Gasteiger partial charge in [0.25, 0.3) is 0 Å². The molecule has 104 valence electrons. The van der Waals surface area contributed by atoms with Gasteiger partial charge in [-0.2, -0.15) is 0 Å². The van der Waals surface area contributed by atoms with E-state index in [1.54, 1.807) is 0 Å². The highest BCUT2D eigenvalue weighted by atomic mass is 35.5. The van der Waals surface area contributed by atoms with E-state index in [1.807, 2.05) is 23.1 Å². The van der Waals surface area contributed by atoms with Crippen LogP contribution in [0.1, 0.15) is 38.2 Å². The number of benzene rings is 1. The van der Waals surface area contributed by atoms with Crippen molar-refractivity contribution in [2.24, 2.45) is 5.41 Å². The summed E-state index contributed by atoms with van der Waals surface area (Å²) in [5, 5.41) is 0. The van der Waals surface area contributed by atoms with Gasteiger partial charge in [-0.05, 0) is 31.2 Å². The molecule has 3 heteroatoms. The van der Waals surface area contributed by atoms with Gasteiger partial charge in [0.1, 0.15) is 0 Å². The second kappa shape index (κ2) is 6.42. The van der Waals surface area contributed by atoms with Gasteiger partial charge in [-0.25, -0.2) is 0 Å². The lowest BCUT2D eigenvalue weighted by atomic mass is 9.74. The molecule has 0 bridgehead atoms. The van der Waals surface area contributed by atoms with Crippen LogP contribution in [-0.2, 0) is 11.3 Å². The van der Waals surface area contributed by atoms with Gasteiger partial charge in [-0.1, -0.05) is 37.3 Å². The number of hydrogen-bond donors (Lipinski definition) is 0. The molecule has 1 unspecified atom stereocenters. The van der Waals surface area contributed by atoms with Gasteiger partial charge in [0.2, 0.25) is 5.91 Å². The van der Waals surface area contributed by atoms with E-state index in [0.29, 0.717) is 11.8 Å². The Balaban J connectivity index is 2.11. The topological polar surface area (TPSA) is 20.3 Å². The average molecular weight is 280 g/mol. The maximum absolute atomic E-state index is 12.7. The Bertz CT molecular complexity index is 416. The van der Waals surface area contributed by atoms with Crippen molar-refractivity contribution in [2.75, 3.05) is 12.4 Å². The van der Waals surface area contributed by atoms with Crippen LogP contribution >= 0.6 is 11.6 Å². The molecule has 1 saturated heterocycles. The summed E-state index contributed by atoms with van der Waals surface area (Å²) in [4.78, 5) is 14.7. The third-order valence-electron chi connectivity index (χ3n) is 4.29. The molecule has 1 aromatic carbocycles. The van der Waals surface area contributed by atoms with Gasteiger partial charge in [0.05, 0.1) is 5.41 Å². The van der Waals surface area contributed by atoms with Crippen molar-refractivity contribution >= 4 is 17.5 Å². The fourth-order valence-corrected chi connectivity index (χ4v) is 3.39. The Morgan fingerprint density at radius 2 is 2.05 bits per heavy atom. The Morgan fingerprint density at radius 1 is 1.32 bits per heavy atom. The number of carbonyl (C=O) groups is 1. The van der Waals surface area contributed by atoms with Crippen LogP contribution in [-0.4, -0.2) is 23.2 Å². The molecule has 0 spiro atoms. The van der Waals surface area contributed by atoms with Crippen molar-refractivity contribution in [1.29, 1.82) is 0 Å². The zero-order chi connectivity index (χ0) is 13.7. The van der Waals surface area contributed by atoms with E-state index in [1.165, 1.54) is 5.56 Å². The second-order valence-corrected chi connectivity index (χ2v) is 5.77. The summed E-state index contributed by atoms with van der Waals surface area (Å²) in [6.45, 7) is 3.71. The highest BCUT2D eigenvalue weighted by molar-refractivity contribution is 6.18. The summed E-state index contributed by atoms with van der Waals surface area (Å²) >= 11 is 5.91. The minimum Gasteiger partial charge on any atom is -0.338 e. The number of hydrogen-bond acceptors (Lipinski definition) is 1. The number of likely N-dealkylation sites (tertiary alicyclic amines) is 1. The first-order valence-electron chi connectivity index (χ1n) is 7.11. The van der Waals surface area contributed by atoms with Crippen molar-refractivity contribution in [2.45, 2.75) is 39.2 Å². The molecule has 2 nitrogen and oxygen atoms in total. The molecule has 0 aromatic heterocycles. The smallest absolute Gasteiger partial charge is 0.229 e. The molecule has 0 saturated carbocycles. The second-order valence-electron chi connectivity index (χ2n) is 5.39. The lowest BCUT2D eigenvalue weighted by molar-refractivity contribution is -0.147. The van der Waals surface area contributed by atoms with Crippen molar-refractivity contribution in [3.63, 3.8) is 0 Å². The van der Waals surface area contributed by atoms with Crippen LogP contribution in [0.3, 0.4) is 0 Å². The van der Waals surface area contributed by atoms with Gasteiger partial charge in [0.15, 0.2) is 0 Å². The molecule has 1 aromatic rings. The van der Waals surface area contributed by atoms with E-state index in [0.717, 1.165) is 38.8 Å². The molecule has 2 rings (SSSR count). The van der Waals surface area contributed by atoms with Gasteiger partial charge in [0, 0.05) is 19.0 Å². The van der Waals surface area contributed by atoms with Gasteiger partial charge >= 0.3 is 0 Å². The SMILES string of the molecule is CCC1(CCCl)CCCN(Cc2ccccc2)C1=O. The maximum atomic E-state index is 12.7. The van der Waals surface area contributed by atoms with Crippen LogP contribution in [0, 0.1) is 5.41 Å². The number of nitrogens with zero attached hydrogens (tertiary/aromatic N) is 1. The van der Waals surface area contributed by atoms with Crippen LogP contribution in [0.15, 0.2) is 30.3 Å². The maximum Gasteiger partial charge on any atom is 0.229 e. The molecule has 0 radical (unpaired) electrons. The third-order valence-corrected chi connectivity index (χ3v) is 4.48. The van der Waals surface area contributed by atoms with Crippen LogP contribution in [0.5, 0.6) is 0 Å². The summed E-state index contributed by atoms with van der Waals surface area (Å²) in [7, 11) is 0. The summed E-state index contributed by atoms with van der Waals surface area (Å²) in [6, 6.07) is 10.2. The minimum atomic E-state index is -0.214. The molecule has 1 amide bonds. The fraction of sp³-hybridized carbons (Fsp3) is 0.562. The Kier molecular flexibility index (Phi) is 4.87. The Hall–Kier alpha value is -1.02. The normalized spacial score (nSPS) is 23.7. The third kappa shape index (κ3) is 3.11. The van der Waals surface area contributed by atoms with Gasteiger partial charge in [-0.15, -0.1) is 11.6 Å². The molecule has 1 heterocycles. The van der Waals surface area contributed by atoms with Gasteiger partial charge < -0.3 is 4.90 Å². The monoisotopic (exact) mass is 279 g/mol. The van der Waals surface area contributed by atoms with Gasteiger partial charge in [-0.3, -0.25) is 4.79 Å². The van der Waals surface area contributed by atoms with E-state index in [4.69, 9.17) is 11.6 Å². The van der Waals surface area contributed by atoms with E-state index in [9.17, 15) is 4.79 Å². The first-order valence-corrected chi connectivity index (χ1v) is 7.64. The summed E-state index contributed by atoms with van der Waals surface area (Å²) in [6.07, 6.45) is 3.77. The van der Waals surface area contributed by atoms with E-state index >= 15 is 0 Å². The molecule has 1 atom stereocenters. The first kappa shape index (κ1) is 14.4. The molecule has 1 aliphatic rings. The van der Waals surface area contributed by atoms with E-state index in [2.05, 4.69) is 19.1 Å². The largest absolute Gasteiger partial charge is 0.338 e. The van der Waals surface area contributed by atoms with Crippen LogP contribution in [0.4, 0.5) is 0 Å². The highest BCUT2D eigenvalue weighted by Gasteiger charge is 2.41. The van der Waals surface area contributed by atoms with Crippen LogP contribution < -0.4 is 0 Å². The zero-order valence-corrected chi connectivity index (χ0v) is 12.3. The highest BCUT2D eigenvalue weighted by Crippen LogP contribution is 2.38. The summed E-state index contributed by atoms with van der Waals surface area (Å²) < 4.78 is 0. The standard InChI is InChI=1S/C16H22ClNO/c1-2-16(10-11-17)9-6-12-18(15(16)19)13-14-7-4-3-5-8-14/h3-5,7-8H,2,6,9-13H2,1H3. The van der Waals surface area contributed by atoms with Crippen LogP contribution in [0.25, 0.3) is 0 Å². The number of piperidine rings is 1. The van der Waals surface area contributed by atoms with E-state index in [-0.39, 0.29) is 5.41 Å². The molecule has 1 aliphatic heterocycles. The Morgan fingerprint density at radius 3 is 2.68 bits per heavy atom. The fourth-order valence-electron chi connectivity index (χ4n) is 3.02. The molecular formula is C16H22ClNO. The number of amides is 1. The van der Waals surface area contributed by atoms with Crippen molar-refractivity contribution in [3.8, 4) is 0 Å². The van der Waals surface area contributed by atoms with Crippen molar-refractivity contribution in [1.82, 2.24) is 4.90 Å². The average Bonchev–Trinajstić information content (AvgIpc) is 2.45. The van der Waals surface area contributed by atoms with Crippen LogP contribution in [0.2, 0.25) is 0 Å². The summed E-state index contributed by atoms with van der Waals surface area (Å²) in [5.41, 5.74) is 0.989. The molecule has 0 N–H and O–H groups in total. The molecular weight excluding hydrogens is 258 g/mol. The minimum absolute atomic E-state index is 0.214. The number of halogens is 1. The van der Waals surface area contributed by atoms with E-state index < -0.39 is 0 Å². The molecule has 1 fully saturated rings. The number of carbonyl (C=O) groups excluding carboxylic acids is 1. The number of alkyl halides is 1. The first-order chi connectivity index (χ1) is 9.22.